The number of fused-ring (bicyclic) bond motifs is 2. The SMILES string of the molecule is C=CCO[C@@H]1Cc2ccccc2[C@@H]1NC(=O)[C@H]1N2C(=O)[C@@H](NC(=O)CC)CCS[C@H]2CC1(C)C. The highest BCUT2D eigenvalue weighted by atomic mass is 32.2. The molecule has 8 heteroatoms. The Kier molecular flexibility index (Phi) is 7.38. The summed E-state index contributed by atoms with van der Waals surface area (Å²) in [6, 6.07) is 6.56. The van der Waals surface area contributed by atoms with Crippen molar-refractivity contribution in [3.05, 3.63) is 48.0 Å². The van der Waals surface area contributed by atoms with Crippen LogP contribution >= 0.6 is 11.8 Å². The van der Waals surface area contributed by atoms with Crippen LogP contribution in [0, 0.1) is 5.41 Å². The average molecular weight is 486 g/mol. The van der Waals surface area contributed by atoms with E-state index in [9.17, 15) is 14.4 Å². The molecule has 184 valence electrons. The minimum atomic E-state index is -0.621. The molecule has 2 fully saturated rings. The summed E-state index contributed by atoms with van der Waals surface area (Å²) >= 11 is 1.70. The summed E-state index contributed by atoms with van der Waals surface area (Å²) < 4.78 is 6.02. The van der Waals surface area contributed by atoms with E-state index in [1.807, 2.05) is 32.0 Å². The summed E-state index contributed by atoms with van der Waals surface area (Å²) in [5.41, 5.74) is 1.82. The molecule has 2 aliphatic heterocycles. The Bertz CT molecular complexity index is 965. The van der Waals surface area contributed by atoms with Crippen LogP contribution in [0.1, 0.15) is 57.2 Å². The molecule has 34 heavy (non-hydrogen) atoms. The van der Waals surface area contributed by atoms with Gasteiger partial charge in [-0.3, -0.25) is 14.4 Å². The Morgan fingerprint density at radius 3 is 2.79 bits per heavy atom. The van der Waals surface area contributed by atoms with Gasteiger partial charge in [0.2, 0.25) is 17.7 Å². The number of thioether (sulfide) groups is 1. The summed E-state index contributed by atoms with van der Waals surface area (Å²) in [7, 11) is 0. The number of hydrogen-bond acceptors (Lipinski definition) is 5. The van der Waals surface area contributed by atoms with Crippen LogP contribution < -0.4 is 10.6 Å². The quantitative estimate of drug-likeness (QED) is 0.580. The van der Waals surface area contributed by atoms with Crippen molar-refractivity contribution in [3.8, 4) is 0 Å². The van der Waals surface area contributed by atoms with Crippen LogP contribution in [0.4, 0.5) is 0 Å². The van der Waals surface area contributed by atoms with E-state index >= 15 is 0 Å². The number of nitrogens with zero attached hydrogens (tertiary/aromatic N) is 1. The zero-order valence-corrected chi connectivity index (χ0v) is 21.0. The van der Waals surface area contributed by atoms with E-state index in [1.54, 1.807) is 29.7 Å². The van der Waals surface area contributed by atoms with Crippen molar-refractivity contribution < 1.29 is 19.1 Å². The van der Waals surface area contributed by atoms with Gasteiger partial charge < -0.3 is 20.3 Å². The lowest BCUT2D eigenvalue weighted by Gasteiger charge is -2.35. The Hall–Kier alpha value is -2.32. The average Bonchev–Trinajstić information content (AvgIpc) is 3.24. The first kappa shape index (κ1) is 24.8. The van der Waals surface area contributed by atoms with Crippen molar-refractivity contribution in [2.24, 2.45) is 5.41 Å². The number of carbonyl (C=O) groups excluding carboxylic acids is 3. The fourth-order valence-corrected chi connectivity index (χ4v) is 7.03. The van der Waals surface area contributed by atoms with Gasteiger partial charge in [-0.25, -0.2) is 0 Å². The molecule has 5 atom stereocenters. The third-order valence-corrected chi connectivity index (χ3v) is 8.36. The van der Waals surface area contributed by atoms with Crippen molar-refractivity contribution >= 4 is 29.5 Å². The van der Waals surface area contributed by atoms with Crippen LogP contribution in [-0.4, -0.2) is 58.5 Å². The lowest BCUT2D eigenvalue weighted by molar-refractivity contribution is -0.144. The summed E-state index contributed by atoms with van der Waals surface area (Å²) in [6.07, 6.45) is 3.87. The zero-order valence-electron chi connectivity index (χ0n) is 20.2. The fraction of sp³-hybridized carbons (Fsp3) is 0.577. The van der Waals surface area contributed by atoms with Crippen LogP contribution in [0.25, 0.3) is 0 Å². The van der Waals surface area contributed by atoms with Gasteiger partial charge in [-0.2, -0.15) is 0 Å². The molecule has 0 saturated carbocycles. The number of ether oxygens (including phenoxy) is 1. The lowest BCUT2D eigenvalue weighted by atomic mass is 9.83. The molecule has 2 N–H and O–H groups in total. The van der Waals surface area contributed by atoms with Crippen LogP contribution in [0.2, 0.25) is 0 Å². The Balaban J connectivity index is 1.59. The number of rotatable bonds is 7. The molecular formula is C26H35N3O4S. The van der Waals surface area contributed by atoms with Crippen LogP contribution in [0.5, 0.6) is 0 Å². The lowest BCUT2D eigenvalue weighted by Crippen LogP contribution is -2.57. The van der Waals surface area contributed by atoms with Gasteiger partial charge in [0.1, 0.15) is 12.1 Å². The number of nitrogens with one attached hydrogen (secondary N) is 2. The Morgan fingerprint density at radius 2 is 2.06 bits per heavy atom. The Morgan fingerprint density at radius 1 is 1.29 bits per heavy atom. The summed E-state index contributed by atoms with van der Waals surface area (Å²) in [6.45, 7) is 10.0. The van der Waals surface area contributed by atoms with Crippen LogP contribution in [0.15, 0.2) is 36.9 Å². The molecule has 0 aromatic heterocycles. The largest absolute Gasteiger partial charge is 0.371 e. The van der Waals surface area contributed by atoms with Crippen molar-refractivity contribution in [1.29, 1.82) is 0 Å². The normalized spacial score (nSPS) is 29.7. The van der Waals surface area contributed by atoms with E-state index in [-0.39, 0.29) is 35.2 Å². The number of carbonyl (C=O) groups is 3. The molecule has 0 radical (unpaired) electrons. The minimum Gasteiger partial charge on any atom is -0.371 e. The van der Waals surface area contributed by atoms with E-state index in [1.165, 1.54) is 0 Å². The van der Waals surface area contributed by atoms with Crippen molar-refractivity contribution in [1.82, 2.24) is 15.5 Å². The first-order chi connectivity index (χ1) is 16.3. The molecule has 4 rings (SSSR count). The summed E-state index contributed by atoms with van der Waals surface area (Å²) in [5.74, 6) is 0.289. The molecule has 0 spiro atoms. The third kappa shape index (κ3) is 4.75. The summed E-state index contributed by atoms with van der Waals surface area (Å²) in [4.78, 5) is 41.3. The molecular weight excluding hydrogens is 450 g/mol. The smallest absolute Gasteiger partial charge is 0.246 e. The van der Waals surface area contributed by atoms with Gasteiger partial charge in [-0.15, -0.1) is 18.3 Å². The third-order valence-electron chi connectivity index (χ3n) is 7.11. The molecule has 2 saturated heterocycles. The molecule has 3 amide bonds. The van der Waals surface area contributed by atoms with Crippen LogP contribution in [0.3, 0.4) is 0 Å². The van der Waals surface area contributed by atoms with Crippen molar-refractivity contribution in [2.45, 2.75) is 76.1 Å². The van der Waals surface area contributed by atoms with E-state index in [2.05, 4.69) is 23.3 Å². The van der Waals surface area contributed by atoms with Crippen LogP contribution in [-0.2, 0) is 25.5 Å². The highest BCUT2D eigenvalue weighted by molar-refractivity contribution is 7.99. The number of benzene rings is 1. The molecule has 2 heterocycles. The minimum absolute atomic E-state index is 0.0783. The highest BCUT2D eigenvalue weighted by Crippen LogP contribution is 2.46. The van der Waals surface area contributed by atoms with E-state index in [0.717, 1.165) is 29.7 Å². The predicted molar refractivity (Wildman–Crippen MR) is 133 cm³/mol. The second kappa shape index (κ2) is 10.1. The molecule has 3 aliphatic rings. The molecule has 0 unspecified atom stereocenters. The van der Waals surface area contributed by atoms with Gasteiger partial charge in [0, 0.05) is 12.8 Å². The van der Waals surface area contributed by atoms with Gasteiger partial charge in [0.05, 0.1) is 24.1 Å². The number of amides is 3. The van der Waals surface area contributed by atoms with Gasteiger partial charge in [0.15, 0.2) is 0 Å². The zero-order chi connectivity index (χ0) is 24.5. The van der Waals surface area contributed by atoms with E-state index in [4.69, 9.17) is 4.74 Å². The topological polar surface area (TPSA) is 87.7 Å². The van der Waals surface area contributed by atoms with Gasteiger partial charge in [0.25, 0.3) is 0 Å². The van der Waals surface area contributed by atoms with E-state index in [0.29, 0.717) is 19.4 Å². The van der Waals surface area contributed by atoms with Crippen molar-refractivity contribution in [3.63, 3.8) is 0 Å². The molecule has 7 nitrogen and oxygen atoms in total. The Labute approximate surface area is 206 Å². The van der Waals surface area contributed by atoms with Gasteiger partial charge >= 0.3 is 0 Å². The maximum atomic E-state index is 13.9. The fourth-order valence-electron chi connectivity index (χ4n) is 5.46. The maximum absolute atomic E-state index is 13.9. The second-order valence-electron chi connectivity index (χ2n) is 9.98. The highest BCUT2D eigenvalue weighted by Gasteiger charge is 2.55. The predicted octanol–water partition coefficient (Wildman–Crippen LogP) is 2.96. The first-order valence-electron chi connectivity index (χ1n) is 12.1. The standard InChI is InChI=1S/C26H35N3O4S/c1-5-12-33-19-14-16-9-7-8-10-17(16)22(19)28-24(31)23-26(3,4)15-21-29(23)25(32)18(11-13-34-21)27-20(30)6-2/h5,7-10,18-19,21-23H,1,6,11-15H2,2-4H3,(H,27,30)(H,28,31)/t18-,19+,21-,22-,23+/m0/s1. The molecule has 1 aromatic rings. The first-order valence-corrected chi connectivity index (χ1v) is 13.2. The number of hydrogen-bond donors (Lipinski definition) is 2. The maximum Gasteiger partial charge on any atom is 0.246 e. The van der Waals surface area contributed by atoms with E-state index < -0.39 is 17.5 Å². The molecule has 1 aromatic carbocycles. The molecule has 0 bridgehead atoms. The van der Waals surface area contributed by atoms with Gasteiger partial charge in [-0.05, 0) is 35.1 Å². The monoisotopic (exact) mass is 485 g/mol. The van der Waals surface area contributed by atoms with Crippen molar-refractivity contribution in [2.75, 3.05) is 12.4 Å². The summed E-state index contributed by atoms with van der Waals surface area (Å²) in [5, 5.41) is 6.03. The molecule has 1 aliphatic carbocycles. The second-order valence-corrected chi connectivity index (χ2v) is 11.3. The van der Waals surface area contributed by atoms with Gasteiger partial charge in [-0.1, -0.05) is 51.1 Å².